The Bertz CT molecular complexity index is 1340. The summed E-state index contributed by atoms with van der Waals surface area (Å²) < 4.78 is 0. The molecule has 0 aliphatic rings. The second kappa shape index (κ2) is 9.39. The summed E-state index contributed by atoms with van der Waals surface area (Å²) in [6.45, 7) is 4.22. The predicted molar refractivity (Wildman–Crippen MR) is 131 cm³/mol. The highest BCUT2D eigenvalue weighted by Gasteiger charge is 2.13. The number of fused-ring (bicyclic) bond motifs is 1. The standard InChI is InChI=1S/C24H25N9/c1-14(2)16-10-23(33-30-12-16)32-22-5-4-19-20(31-22)8-17(11-29-19)18(13-27-3)24(26)15-6-7-28-21(25)9-15/h4-14,26-27H,1-3H3,(H2,25,28)(H,31,32,33)/b18-13-,26-24?. The van der Waals surface area contributed by atoms with E-state index in [0.29, 0.717) is 45.7 Å². The molecule has 0 unspecified atom stereocenters. The van der Waals surface area contributed by atoms with E-state index in [4.69, 9.17) is 16.1 Å². The van der Waals surface area contributed by atoms with Gasteiger partial charge in [0.1, 0.15) is 11.6 Å². The van der Waals surface area contributed by atoms with Gasteiger partial charge in [0.15, 0.2) is 5.82 Å². The molecular weight excluding hydrogens is 414 g/mol. The van der Waals surface area contributed by atoms with E-state index in [-0.39, 0.29) is 0 Å². The van der Waals surface area contributed by atoms with Crippen LogP contribution < -0.4 is 16.4 Å². The minimum atomic E-state index is 0.301. The third-order valence-corrected chi connectivity index (χ3v) is 5.07. The SMILES string of the molecule is CN/C=C(\C(=N)c1ccnc(N)c1)c1cnc2ccc(Nc3cc(C(C)C)cnn3)nc2c1. The largest absolute Gasteiger partial charge is 0.393 e. The minimum absolute atomic E-state index is 0.301. The molecule has 0 spiro atoms. The Morgan fingerprint density at radius 1 is 1.00 bits per heavy atom. The number of aromatic nitrogens is 5. The van der Waals surface area contributed by atoms with Crippen LogP contribution in [0.3, 0.4) is 0 Å². The summed E-state index contributed by atoms with van der Waals surface area (Å²) in [7, 11) is 1.79. The van der Waals surface area contributed by atoms with Crippen molar-refractivity contribution in [1.82, 2.24) is 30.5 Å². The molecule has 0 aromatic carbocycles. The fraction of sp³-hybridized carbons (Fsp3) is 0.167. The molecule has 0 aliphatic heterocycles. The molecule has 5 N–H and O–H groups in total. The van der Waals surface area contributed by atoms with Crippen LogP contribution in [0.4, 0.5) is 17.5 Å². The van der Waals surface area contributed by atoms with Gasteiger partial charge in [-0.3, -0.25) is 10.4 Å². The summed E-state index contributed by atoms with van der Waals surface area (Å²) >= 11 is 0. The zero-order valence-corrected chi connectivity index (χ0v) is 18.7. The van der Waals surface area contributed by atoms with Crippen LogP contribution in [0.25, 0.3) is 16.6 Å². The minimum Gasteiger partial charge on any atom is -0.393 e. The molecule has 166 valence electrons. The molecule has 0 amide bonds. The molecule has 4 heterocycles. The Balaban J connectivity index is 1.68. The van der Waals surface area contributed by atoms with Crippen molar-refractivity contribution in [3.63, 3.8) is 0 Å². The van der Waals surface area contributed by atoms with Gasteiger partial charge in [-0.05, 0) is 47.9 Å². The van der Waals surface area contributed by atoms with Crippen molar-refractivity contribution in [2.24, 2.45) is 0 Å². The van der Waals surface area contributed by atoms with Crippen LogP contribution >= 0.6 is 0 Å². The third kappa shape index (κ3) is 4.93. The van der Waals surface area contributed by atoms with E-state index < -0.39 is 0 Å². The smallest absolute Gasteiger partial charge is 0.154 e. The third-order valence-electron chi connectivity index (χ3n) is 5.07. The molecule has 0 radical (unpaired) electrons. The molecule has 9 heteroatoms. The Hall–Kier alpha value is -4.40. The van der Waals surface area contributed by atoms with E-state index >= 15 is 0 Å². The van der Waals surface area contributed by atoms with Gasteiger partial charge in [0.25, 0.3) is 0 Å². The van der Waals surface area contributed by atoms with E-state index in [1.54, 1.807) is 44.0 Å². The second-order valence-electron chi connectivity index (χ2n) is 7.80. The maximum atomic E-state index is 8.71. The fourth-order valence-corrected chi connectivity index (χ4v) is 3.32. The lowest BCUT2D eigenvalue weighted by Crippen LogP contribution is -2.08. The molecule has 4 aromatic heterocycles. The van der Waals surface area contributed by atoms with Gasteiger partial charge in [-0.2, -0.15) is 5.10 Å². The van der Waals surface area contributed by atoms with Crippen LogP contribution in [0.2, 0.25) is 0 Å². The van der Waals surface area contributed by atoms with Crippen molar-refractivity contribution < 1.29 is 0 Å². The van der Waals surface area contributed by atoms with Crippen molar-refractivity contribution in [2.45, 2.75) is 19.8 Å². The highest BCUT2D eigenvalue weighted by Crippen LogP contribution is 2.24. The summed E-state index contributed by atoms with van der Waals surface area (Å²) in [6.07, 6.45) is 6.85. The van der Waals surface area contributed by atoms with Crippen LogP contribution in [-0.2, 0) is 0 Å². The van der Waals surface area contributed by atoms with E-state index in [2.05, 4.69) is 44.6 Å². The lowest BCUT2D eigenvalue weighted by Gasteiger charge is -2.12. The number of hydrogen-bond donors (Lipinski definition) is 4. The zero-order valence-electron chi connectivity index (χ0n) is 18.7. The molecule has 0 atom stereocenters. The quantitative estimate of drug-likeness (QED) is 0.318. The van der Waals surface area contributed by atoms with Gasteiger partial charge in [0.05, 0.1) is 22.9 Å². The number of hydrogen-bond acceptors (Lipinski definition) is 9. The molecule has 0 fully saturated rings. The first kappa shape index (κ1) is 21.8. The summed E-state index contributed by atoms with van der Waals surface area (Å²) in [6, 6.07) is 11.0. The molecule has 0 aliphatic carbocycles. The second-order valence-corrected chi connectivity index (χ2v) is 7.80. The normalized spacial score (nSPS) is 11.6. The van der Waals surface area contributed by atoms with Crippen LogP contribution in [-0.4, -0.2) is 37.9 Å². The Morgan fingerprint density at radius 3 is 2.61 bits per heavy atom. The maximum Gasteiger partial charge on any atom is 0.154 e. The van der Waals surface area contributed by atoms with Crippen molar-refractivity contribution in [3.05, 3.63) is 77.9 Å². The monoisotopic (exact) mass is 439 g/mol. The first-order valence-corrected chi connectivity index (χ1v) is 10.5. The van der Waals surface area contributed by atoms with Crippen molar-refractivity contribution in [3.8, 4) is 0 Å². The lowest BCUT2D eigenvalue weighted by atomic mass is 9.98. The Morgan fingerprint density at radius 2 is 1.85 bits per heavy atom. The summed E-state index contributed by atoms with van der Waals surface area (Å²) in [4.78, 5) is 13.3. The van der Waals surface area contributed by atoms with E-state index in [1.807, 2.05) is 24.3 Å². The van der Waals surface area contributed by atoms with Gasteiger partial charge in [0, 0.05) is 42.3 Å². The maximum absolute atomic E-state index is 8.71. The van der Waals surface area contributed by atoms with Crippen molar-refractivity contribution in [1.29, 1.82) is 5.41 Å². The van der Waals surface area contributed by atoms with Crippen LogP contribution in [0.15, 0.2) is 61.2 Å². The number of nitrogens with one attached hydrogen (secondary N) is 3. The molecule has 4 rings (SSSR count). The van der Waals surface area contributed by atoms with Crippen LogP contribution in [0, 0.1) is 5.41 Å². The summed E-state index contributed by atoms with van der Waals surface area (Å²) in [5.74, 6) is 1.97. The van der Waals surface area contributed by atoms with Gasteiger partial charge in [0.2, 0.25) is 0 Å². The van der Waals surface area contributed by atoms with Gasteiger partial charge in [-0.1, -0.05) is 13.8 Å². The number of rotatable bonds is 7. The van der Waals surface area contributed by atoms with Crippen LogP contribution in [0.5, 0.6) is 0 Å². The molecule has 33 heavy (non-hydrogen) atoms. The zero-order chi connectivity index (χ0) is 23.4. The van der Waals surface area contributed by atoms with Gasteiger partial charge >= 0.3 is 0 Å². The molecule has 0 bridgehead atoms. The fourth-order valence-electron chi connectivity index (χ4n) is 3.32. The number of nitrogen functional groups attached to an aromatic ring is 1. The first-order chi connectivity index (χ1) is 15.9. The van der Waals surface area contributed by atoms with E-state index in [9.17, 15) is 0 Å². The average Bonchev–Trinajstić information content (AvgIpc) is 2.82. The number of nitrogens with zero attached hydrogens (tertiary/aromatic N) is 5. The van der Waals surface area contributed by atoms with E-state index in [1.165, 1.54) is 0 Å². The highest BCUT2D eigenvalue weighted by molar-refractivity contribution is 6.30. The Kier molecular flexibility index (Phi) is 6.21. The lowest BCUT2D eigenvalue weighted by molar-refractivity contribution is 0.843. The number of nitrogens with two attached hydrogens (primary N) is 1. The van der Waals surface area contributed by atoms with Gasteiger partial charge < -0.3 is 16.4 Å². The number of anilines is 3. The molecule has 0 saturated carbocycles. The van der Waals surface area contributed by atoms with Gasteiger partial charge in [-0.25, -0.2) is 9.97 Å². The number of allylic oxidation sites excluding steroid dienone is 1. The van der Waals surface area contributed by atoms with Crippen LogP contribution in [0.1, 0.15) is 36.5 Å². The average molecular weight is 440 g/mol. The summed E-state index contributed by atoms with van der Waals surface area (Å²) in [5, 5.41) is 23.2. The predicted octanol–water partition coefficient (Wildman–Crippen LogP) is 3.89. The van der Waals surface area contributed by atoms with Crippen molar-refractivity contribution >= 4 is 39.8 Å². The van der Waals surface area contributed by atoms with Gasteiger partial charge in [-0.15, -0.1) is 5.10 Å². The molecular formula is C24H25N9. The first-order valence-electron chi connectivity index (χ1n) is 10.5. The molecule has 4 aromatic rings. The topological polar surface area (TPSA) is 138 Å². The number of pyridine rings is 3. The molecule has 9 nitrogen and oxygen atoms in total. The molecule has 0 saturated heterocycles. The highest BCUT2D eigenvalue weighted by atomic mass is 15.2. The summed E-state index contributed by atoms with van der Waals surface area (Å²) in [5.41, 5.74) is 10.7. The Labute approximate surface area is 191 Å². The van der Waals surface area contributed by atoms with E-state index in [0.717, 1.165) is 16.6 Å². The van der Waals surface area contributed by atoms with Crippen molar-refractivity contribution in [2.75, 3.05) is 18.1 Å².